The molecule has 0 radical (unpaired) electrons. The van der Waals surface area contributed by atoms with E-state index >= 15 is 0 Å². The molecule has 1 atom stereocenters. The molecule has 0 heterocycles. The predicted octanol–water partition coefficient (Wildman–Crippen LogP) is 5.68. The number of carbonyl (C=O) groups is 1. The third kappa shape index (κ3) is 5.21. The van der Waals surface area contributed by atoms with Crippen LogP contribution in [0.1, 0.15) is 6.42 Å². The third-order valence-electron chi connectivity index (χ3n) is 3.20. The smallest absolute Gasteiger partial charge is 0.393 e. The fourth-order valence-corrected chi connectivity index (χ4v) is 1.63. The van der Waals surface area contributed by atoms with Crippen LogP contribution in [0.15, 0.2) is 12.7 Å². The molecule has 0 aromatic rings. The molecule has 0 aromatic carbocycles. The van der Waals surface area contributed by atoms with Crippen molar-refractivity contribution in [2.45, 2.75) is 48.8 Å². The van der Waals surface area contributed by atoms with Crippen molar-refractivity contribution >= 4 is 5.97 Å². The number of hydrogen-bond donors (Lipinski definition) is 0. The zero-order valence-corrected chi connectivity index (χ0v) is 13.1. The van der Waals surface area contributed by atoms with Crippen LogP contribution in [0.2, 0.25) is 0 Å². The molecule has 172 valence electrons. The van der Waals surface area contributed by atoms with Crippen LogP contribution in [0.5, 0.6) is 0 Å². The van der Waals surface area contributed by atoms with E-state index in [1.807, 2.05) is 0 Å². The minimum absolute atomic E-state index is 0.310. The zero-order chi connectivity index (χ0) is 23.9. The number of alkyl halides is 15. The molecule has 17 heteroatoms. The molecule has 0 amide bonds. The van der Waals surface area contributed by atoms with Gasteiger partial charge in [0.25, 0.3) is 0 Å². The highest BCUT2D eigenvalue weighted by atomic mass is 19.4. The zero-order valence-electron chi connectivity index (χ0n) is 13.1. The average molecular weight is 468 g/mol. The predicted molar refractivity (Wildman–Crippen MR) is 61.2 cm³/mol. The highest BCUT2D eigenvalue weighted by molar-refractivity contribution is 5.81. The van der Waals surface area contributed by atoms with Gasteiger partial charge in [-0.1, -0.05) is 6.58 Å². The van der Waals surface area contributed by atoms with Gasteiger partial charge in [0.2, 0.25) is 0 Å². The molecule has 0 rings (SSSR count). The molecule has 0 saturated carbocycles. The van der Waals surface area contributed by atoms with Gasteiger partial charge in [0.15, 0.2) is 12.1 Å². The molecule has 29 heavy (non-hydrogen) atoms. The molecular formula is C12H7F15O2. The lowest BCUT2D eigenvalue weighted by atomic mass is 9.92. The first kappa shape index (κ1) is 27.2. The van der Waals surface area contributed by atoms with Crippen molar-refractivity contribution in [1.82, 2.24) is 0 Å². The van der Waals surface area contributed by atoms with Gasteiger partial charge in [0.1, 0.15) is 0 Å². The normalized spacial score (nSPS) is 16.0. The number of halogens is 15. The molecule has 1 unspecified atom stereocenters. The van der Waals surface area contributed by atoms with Crippen LogP contribution in [0.25, 0.3) is 0 Å². The highest BCUT2D eigenvalue weighted by Crippen LogP contribution is 2.56. The summed E-state index contributed by atoms with van der Waals surface area (Å²) in [6, 6.07) is 0. The summed E-state index contributed by atoms with van der Waals surface area (Å²) >= 11 is 0. The largest absolute Gasteiger partial charge is 0.473 e. The lowest BCUT2D eigenvalue weighted by Gasteiger charge is -2.37. The Morgan fingerprint density at radius 2 is 1.17 bits per heavy atom. The Morgan fingerprint density at radius 1 is 0.793 bits per heavy atom. The Hall–Kier alpha value is -1.84. The second-order valence-corrected chi connectivity index (χ2v) is 5.25. The highest BCUT2D eigenvalue weighted by Gasteiger charge is 2.84. The van der Waals surface area contributed by atoms with Crippen LogP contribution >= 0.6 is 0 Å². The Kier molecular flexibility index (Phi) is 7.28. The second kappa shape index (κ2) is 7.77. The maximum Gasteiger partial charge on any atom is 0.473 e. The van der Waals surface area contributed by atoms with E-state index in [1.165, 1.54) is 0 Å². The van der Waals surface area contributed by atoms with Gasteiger partial charge in [0, 0.05) is 12.5 Å². The number of ether oxygens (including phenoxy) is 1. The van der Waals surface area contributed by atoms with Crippen molar-refractivity contribution in [2.24, 2.45) is 5.92 Å². The van der Waals surface area contributed by atoms with Crippen LogP contribution in [0, 0.1) is 5.92 Å². The monoisotopic (exact) mass is 468 g/mol. The Balaban J connectivity index is 6.06. The second-order valence-electron chi connectivity index (χ2n) is 5.25. The van der Waals surface area contributed by atoms with Crippen molar-refractivity contribution in [2.75, 3.05) is 0 Å². The van der Waals surface area contributed by atoms with Gasteiger partial charge in [-0.25, -0.2) is 9.18 Å². The first-order valence-corrected chi connectivity index (χ1v) is 6.61. The van der Waals surface area contributed by atoms with Gasteiger partial charge in [-0.3, -0.25) is 0 Å². The van der Waals surface area contributed by atoms with Crippen molar-refractivity contribution in [3.8, 4) is 0 Å². The van der Waals surface area contributed by atoms with E-state index in [0.717, 1.165) is 0 Å². The minimum atomic E-state index is -7.62. The molecule has 0 aromatic heterocycles. The molecular weight excluding hydrogens is 461 g/mol. The molecule has 0 aliphatic heterocycles. The lowest BCUT2D eigenvalue weighted by Crippen LogP contribution is -2.66. The molecule has 2 nitrogen and oxygen atoms in total. The number of hydrogen-bond acceptors (Lipinski definition) is 2. The molecule has 0 bridgehead atoms. The maximum absolute atomic E-state index is 13.3. The van der Waals surface area contributed by atoms with E-state index in [2.05, 4.69) is 11.3 Å². The summed E-state index contributed by atoms with van der Waals surface area (Å²) in [5.41, 5.74) is 0. The summed E-state index contributed by atoms with van der Waals surface area (Å²) in [5.74, 6) is -29.9. The third-order valence-corrected chi connectivity index (χ3v) is 3.20. The first-order chi connectivity index (χ1) is 12.5. The average Bonchev–Trinajstić information content (AvgIpc) is 2.48. The van der Waals surface area contributed by atoms with Crippen molar-refractivity contribution < 1.29 is 75.4 Å². The summed E-state index contributed by atoms with van der Waals surface area (Å²) in [4.78, 5) is 10.4. The standard InChI is InChI=1S/C12H7F15O2/c1-2-6(28)29-12(26,27)11(24,25)10(22,23)7(14,15)5(13)3-4(8(16,17)18)9(19,20)21/h2,4-5H,1,3H2. The van der Waals surface area contributed by atoms with E-state index in [1.54, 1.807) is 0 Å². The van der Waals surface area contributed by atoms with Crippen LogP contribution in [-0.4, -0.2) is 48.4 Å². The van der Waals surface area contributed by atoms with Crippen molar-refractivity contribution in [1.29, 1.82) is 0 Å². The lowest BCUT2D eigenvalue weighted by molar-refractivity contribution is -0.422. The van der Waals surface area contributed by atoms with E-state index in [4.69, 9.17) is 0 Å². The minimum Gasteiger partial charge on any atom is -0.393 e. The number of carbonyl (C=O) groups excluding carboxylic acids is 1. The Bertz CT molecular complexity index is 589. The molecule has 0 fully saturated rings. The van der Waals surface area contributed by atoms with E-state index < -0.39 is 60.7 Å². The molecule has 0 aliphatic rings. The number of esters is 1. The quantitative estimate of drug-likeness (QED) is 0.260. The SMILES string of the molecule is C=CC(=O)OC(F)(F)C(F)(F)C(F)(F)C(F)(F)C(F)CC(C(F)(F)F)C(F)(F)F. The summed E-state index contributed by atoms with van der Waals surface area (Å²) in [5, 5.41) is 0. The first-order valence-electron chi connectivity index (χ1n) is 6.61. The van der Waals surface area contributed by atoms with Crippen molar-refractivity contribution in [3.05, 3.63) is 12.7 Å². The fourth-order valence-electron chi connectivity index (χ4n) is 1.63. The molecule has 0 N–H and O–H groups in total. The van der Waals surface area contributed by atoms with Crippen LogP contribution in [0.4, 0.5) is 65.9 Å². The topological polar surface area (TPSA) is 26.3 Å². The summed E-state index contributed by atoms with van der Waals surface area (Å²) < 4.78 is 195. The van der Waals surface area contributed by atoms with Gasteiger partial charge in [0.05, 0.1) is 0 Å². The van der Waals surface area contributed by atoms with Gasteiger partial charge in [-0.15, -0.1) is 0 Å². The molecule has 0 saturated heterocycles. The van der Waals surface area contributed by atoms with E-state index in [0.29, 0.717) is 0 Å². The van der Waals surface area contributed by atoms with E-state index in [9.17, 15) is 70.7 Å². The van der Waals surface area contributed by atoms with Crippen LogP contribution < -0.4 is 0 Å². The summed E-state index contributed by atoms with van der Waals surface area (Å²) in [7, 11) is 0. The van der Waals surface area contributed by atoms with Crippen LogP contribution in [-0.2, 0) is 9.53 Å². The van der Waals surface area contributed by atoms with Gasteiger partial charge >= 0.3 is 42.2 Å². The summed E-state index contributed by atoms with van der Waals surface area (Å²) in [6.45, 7) is 2.38. The number of rotatable bonds is 8. The van der Waals surface area contributed by atoms with E-state index in [-0.39, 0.29) is 6.08 Å². The Labute approximate surface area is 150 Å². The molecule has 0 spiro atoms. The van der Waals surface area contributed by atoms with Gasteiger partial charge < -0.3 is 4.74 Å². The van der Waals surface area contributed by atoms with Gasteiger partial charge in [-0.05, 0) is 0 Å². The maximum atomic E-state index is 13.3. The summed E-state index contributed by atoms with van der Waals surface area (Å²) in [6.07, 6.45) is -29.0. The fraction of sp³-hybridized carbons (Fsp3) is 0.750. The van der Waals surface area contributed by atoms with Crippen molar-refractivity contribution in [3.63, 3.8) is 0 Å². The Morgan fingerprint density at radius 3 is 1.48 bits per heavy atom. The molecule has 0 aliphatic carbocycles. The van der Waals surface area contributed by atoms with Crippen LogP contribution in [0.3, 0.4) is 0 Å². The van der Waals surface area contributed by atoms with Gasteiger partial charge in [-0.2, -0.15) is 61.5 Å².